The highest BCUT2D eigenvalue weighted by molar-refractivity contribution is 14.0. The molecule has 1 aromatic rings. The normalized spacial score (nSPS) is 12.1. The van der Waals surface area contributed by atoms with Gasteiger partial charge in [0.2, 0.25) is 0 Å². The third kappa shape index (κ3) is 9.82. The van der Waals surface area contributed by atoms with Gasteiger partial charge < -0.3 is 24.8 Å². The molecule has 0 spiro atoms. The Bertz CT molecular complexity index is 455. The monoisotopic (exact) mass is 451 g/mol. The molecule has 0 aliphatic carbocycles. The standard InChI is InChI=1S/C17H29N3O3.HI/c1-5-18-17(20-14(2)13-21-3)19-11-6-12-23-16-9-7-15(22-4)8-10-16;/h7-10,14H,5-6,11-13H2,1-4H3,(H2,18,19,20);1H. The van der Waals surface area contributed by atoms with Crippen molar-refractivity contribution in [1.82, 2.24) is 10.6 Å². The molecule has 138 valence electrons. The van der Waals surface area contributed by atoms with Gasteiger partial charge >= 0.3 is 0 Å². The van der Waals surface area contributed by atoms with Crippen molar-refractivity contribution in [2.75, 3.05) is 40.5 Å². The number of ether oxygens (including phenoxy) is 3. The molecule has 1 unspecified atom stereocenters. The average molecular weight is 451 g/mol. The topological polar surface area (TPSA) is 64.1 Å². The molecule has 1 aromatic carbocycles. The summed E-state index contributed by atoms with van der Waals surface area (Å²) >= 11 is 0. The van der Waals surface area contributed by atoms with Gasteiger partial charge in [-0.25, -0.2) is 0 Å². The van der Waals surface area contributed by atoms with E-state index in [1.165, 1.54) is 0 Å². The third-order valence-corrected chi connectivity index (χ3v) is 3.04. The van der Waals surface area contributed by atoms with Gasteiger partial charge in [-0.1, -0.05) is 0 Å². The van der Waals surface area contributed by atoms with E-state index in [2.05, 4.69) is 22.5 Å². The van der Waals surface area contributed by atoms with Gasteiger partial charge in [0.05, 0.1) is 20.3 Å². The lowest BCUT2D eigenvalue weighted by Crippen LogP contribution is -2.44. The van der Waals surface area contributed by atoms with E-state index in [-0.39, 0.29) is 30.0 Å². The average Bonchev–Trinajstić information content (AvgIpc) is 2.55. The molecule has 0 aliphatic heterocycles. The maximum Gasteiger partial charge on any atom is 0.191 e. The Kier molecular flexibility index (Phi) is 13.4. The molecule has 2 N–H and O–H groups in total. The van der Waals surface area contributed by atoms with Gasteiger partial charge in [-0.05, 0) is 38.1 Å². The summed E-state index contributed by atoms with van der Waals surface area (Å²) in [4.78, 5) is 4.53. The Morgan fingerprint density at radius 2 is 1.83 bits per heavy atom. The molecule has 0 fully saturated rings. The number of benzene rings is 1. The van der Waals surface area contributed by atoms with Crippen LogP contribution in [0.1, 0.15) is 20.3 Å². The highest BCUT2D eigenvalue weighted by Crippen LogP contribution is 2.16. The van der Waals surface area contributed by atoms with Crippen molar-refractivity contribution in [2.45, 2.75) is 26.3 Å². The SMILES string of the molecule is CCNC(=NCCCOc1ccc(OC)cc1)NC(C)COC.I. The third-order valence-electron chi connectivity index (χ3n) is 3.04. The molecule has 0 heterocycles. The second kappa shape index (κ2) is 14.2. The van der Waals surface area contributed by atoms with Crippen LogP contribution >= 0.6 is 24.0 Å². The Morgan fingerprint density at radius 3 is 2.42 bits per heavy atom. The Morgan fingerprint density at radius 1 is 1.17 bits per heavy atom. The number of halogens is 1. The number of hydrogen-bond donors (Lipinski definition) is 2. The van der Waals surface area contributed by atoms with Crippen molar-refractivity contribution >= 4 is 29.9 Å². The van der Waals surface area contributed by atoms with Gasteiger partial charge in [-0.3, -0.25) is 4.99 Å². The first-order chi connectivity index (χ1) is 11.2. The maximum atomic E-state index is 5.68. The van der Waals surface area contributed by atoms with Crippen LogP contribution in [-0.4, -0.2) is 52.5 Å². The number of nitrogens with one attached hydrogen (secondary N) is 2. The molecule has 0 aromatic heterocycles. The molecule has 1 atom stereocenters. The van der Waals surface area contributed by atoms with Gasteiger partial charge in [-0.2, -0.15) is 0 Å². The molecule has 7 heteroatoms. The van der Waals surface area contributed by atoms with Crippen LogP contribution in [0.5, 0.6) is 11.5 Å². The van der Waals surface area contributed by atoms with Crippen molar-refractivity contribution in [3.8, 4) is 11.5 Å². The molecule has 0 saturated carbocycles. The smallest absolute Gasteiger partial charge is 0.191 e. The predicted octanol–water partition coefficient (Wildman–Crippen LogP) is 2.67. The summed E-state index contributed by atoms with van der Waals surface area (Å²) < 4.78 is 15.9. The summed E-state index contributed by atoms with van der Waals surface area (Å²) in [5.41, 5.74) is 0. The summed E-state index contributed by atoms with van der Waals surface area (Å²) in [7, 11) is 3.34. The Balaban J connectivity index is 0.00000529. The number of nitrogens with zero attached hydrogens (tertiary/aromatic N) is 1. The van der Waals surface area contributed by atoms with Crippen LogP contribution in [0.2, 0.25) is 0 Å². The van der Waals surface area contributed by atoms with Crippen molar-refractivity contribution in [2.24, 2.45) is 4.99 Å². The van der Waals surface area contributed by atoms with Crippen LogP contribution in [0.3, 0.4) is 0 Å². The number of methoxy groups -OCH3 is 2. The quantitative estimate of drug-likeness (QED) is 0.248. The number of guanidine groups is 1. The van der Waals surface area contributed by atoms with E-state index in [4.69, 9.17) is 14.2 Å². The van der Waals surface area contributed by atoms with Gasteiger partial charge in [-0.15, -0.1) is 24.0 Å². The molecule has 0 saturated heterocycles. The molecule has 0 amide bonds. The number of aliphatic imine (C=N–C) groups is 1. The first-order valence-electron chi connectivity index (χ1n) is 8.00. The van der Waals surface area contributed by atoms with E-state index in [1.807, 2.05) is 31.2 Å². The van der Waals surface area contributed by atoms with Gasteiger partial charge in [0, 0.05) is 32.7 Å². The first kappa shape index (κ1) is 22.8. The number of hydrogen-bond acceptors (Lipinski definition) is 4. The molecular formula is C17H30IN3O3. The highest BCUT2D eigenvalue weighted by Gasteiger charge is 2.03. The zero-order valence-corrected chi connectivity index (χ0v) is 17.3. The minimum atomic E-state index is 0. The van der Waals surface area contributed by atoms with E-state index in [0.29, 0.717) is 19.8 Å². The van der Waals surface area contributed by atoms with Crippen LogP contribution in [0, 0.1) is 0 Å². The fourth-order valence-electron chi connectivity index (χ4n) is 1.96. The lowest BCUT2D eigenvalue weighted by molar-refractivity contribution is 0.179. The molecule has 0 bridgehead atoms. The van der Waals surface area contributed by atoms with Crippen LogP contribution in [0.4, 0.5) is 0 Å². The minimum Gasteiger partial charge on any atom is -0.497 e. The van der Waals surface area contributed by atoms with Gasteiger partial charge in [0.25, 0.3) is 0 Å². The van der Waals surface area contributed by atoms with E-state index >= 15 is 0 Å². The van der Waals surface area contributed by atoms with Crippen molar-refractivity contribution in [3.63, 3.8) is 0 Å². The Labute approximate surface area is 162 Å². The largest absolute Gasteiger partial charge is 0.497 e. The van der Waals surface area contributed by atoms with Crippen molar-refractivity contribution < 1.29 is 14.2 Å². The zero-order chi connectivity index (χ0) is 16.9. The molecule has 0 aliphatic rings. The van der Waals surface area contributed by atoms with Gasteiger partial charge in [0.15, 0.2) is 5.96 Å². The molecule has 6 nitrogen and oxygen atoms in total. The van der Waals surface area contributed by atoms with Crippen molar-refractivity contribution in [3.05, 3.63) is 24.3 Å². The van der Waals surface area contributed by atoms with E-state index in [1.54, 1.807) is 14.2 Å². The van der Waals surface area contributed by atoms with Crippen LogP contribution < -0.4 is 20.1 Å². The summed E-state index contributed by atoms with van der Waals surface area (Å²) in [6.45, 7) is 6.90. The van der Waals surface area contributed by atoms with Crippen LogP contribution in [0.15, 0.2) is 29.3 Å². The second-order valence-electron chi connectivity index (χ2n) is 5.14. The van der Waals surface area contributed by atoms with E-state index in [9.17, 15) is 0 Å². The summed E-state index contributed by atoms with van der Waals surface area (Å²) in [5, 5.41) is 6.52. The van der Waals surface area contributed by atoms with E-state index < -0.39 is 0 Å². The molecule has 0 radical (unpaired) electrons. The molecular weight excluding hydrogens is 421 g/mol. The summed E-state index contributed by atoms with van der Waals surface area (Å²) in [6.07, 6.45) is 0.848. The first-order valence-corrected chi connectivity index (χ1v) is 8.00. The lowest BCUT2D eigenvalue weighted by Gasteiger charge is -2.17. The van der Waals surface area contributed by atoms with Crippen LogP contribution in [-0.2, 0) is 4.74 Å². The maximum absolute atomic E-state index is 5.68. The second-order valence-corrected chi connectivity index (χ2v) is 5.14. The number of rotatable bonds is 10. The highest BCUT2D eigenvalue weighted by atomic mass is 127. The zero-order valence-electron chi connectivity index (χ0n) is 15.0. The van der Waals surface area contributed by atoms with Crippen molar-refractivity contribution in [1.29, 1.82) is 0 Å². The van der Waals surface area contributed by atoms with E-state index in [0.717, 1.165) is 30.4 Å². The lowest BCUT2D eigenvalue weighted by atomic mass is 10.3. The minimum absolute atomic E-state index is 0. The van der Waals surface area contributed by atoms with Gasteiger partial charge in [0.1, 0.15) is 11.5 Å². The molecule has 1 rings (SSSR count). The fourth-order valence-corrected chi connectivity index (χ4v) is 1.96. The van der Waals surface area contributed by atoms with Crippen LogP contribution in [0.25, 0.3) is 0 Å². The summed E-state index contributed by atoms with van der Waals surface area (Å²) in [5.74, 6) is 2.48. The predicted molar refractivity (Wildman–Crippen MR) is 109 cm³/mol. The Hall–Kier alpha value is -1.22. The summed E-state index contributed by atoms with van der Waals surface area (Å²) in [6, 6.07) is 7.80. The fraction of sp³-hybridized carbons (Fsp3) is 0.588. The molecule has 24 heavy (non-hydrogen) atoms.